The molecule has 7 heteroatoms. The maximum atomic E-state index is 12.2. The van der Waals surface area contributed by atoms with Crippen molar-refractivity contribution < 1.29 is 13.5 Å². The molecule has 0 amide bonds. The summed E-state index contributed by atoms with van der Waals surface area (Å²) in [6.07, 6.45) is 2.49. The summed E-state index contributed by atoms with van der Waals surface area (Å²) in [5, 5.41) is 9.74. The fraction of sp³-hybridized carbons (Fsp3) is 0.300. The zero-order valence-electron chi connectivity index (χ0n) is 8.87. The molecule has 1 aliphatic heterocycles. The molecule has 0 aliphatic carbocycles. The van der Waals surface area contributed by atoms with E-state index in [1.54, 1.807) is 18.3 Å². The number of aliphatic hydroxyl groups is 1. The average molecular weight is 253 g/mol. The highest BCUT2D eigenvalue weighted by Gasteiger charge is 2.36. The van der Waals surface area contributed by atoms with Crippen molar-refractivity contribution >= 4 is 21.1 Å². The van der Waals surface area contributed by atoms with Crippen molar-refractivity contribution in [3.05, 3.63) is 24.5 Å². The summed E-state index contributed by atoms with van der Waals surface area (Å²) in [7, 11) is -3.52. The number of fused-ring (bicyclic) bond motifs is 1. The largest absolute Gasteiger partial charge is 0.390 e. The van der Waals surface area contributed by atoms with Crippen LogP contribution in [0.1, 0.15) is 0 Å². The number of sulfonamides is 1. The Hall–Kier alpha value is -1.44. The van der Waals surface area contributed by atoms with Crippen LogP contribution in [0.5, 0.6) is 0 Å². The summed E-state index contributed by atoms with van der Waals surface area (Å²) in [6.45, 7) is 0.324. The molecule has 0 bridgehead atoms. The standard InChI is InChI=1S/C10H11N3O3S/c14-7-5-13(6-7)17(15,16)9-4-12-10-8(9)2-1-3-11-10/h1-4,7,14H,5-6H2,(H,11,12). The van der Waals surface area contributed by atoms with Crippen LogP contribution in [0.3, 0.4) is 0 Å². The summed E-state index contributed by atoms with van der Waals surface area (Å²) < 4.78 is 25.7. The molecule has 0 saturated carbocycles. The smallest absolute Gasteiger partial charge is 0.245 e. The van der Waals surface area contributed by atoms with E-state index >= 15 is 0 Å². The Morgan fingerprint density at radius 3 is 2.94 bits per heavy atom. The van der Waals surface area contributed by atoms with Crippen LogP contribution in [0.25, 0.3) is 11.0 Å². The van der Waals surface area contributed by atoms with Crippen molar-refractivity contribution in [3.63, 3.8) is 0 Å². The number of aromatic nitrogens is 2. The predicted molar refractivity (Wildman–Crippen MR) is 60.9 cm³/mol. The van der Waals surface area contributed by atoms with Crippen molar-refractivity contribution in [1.29, 1.82) is 0 Å². The van der Waals surface area contributed by atoms with E-state index in [2.05, 4.69) is 9.97 Å². The summed E-state index contributed by atoms with van der Waals surface area (Å²) in [5.74, 6) is 0. The molecule has 0 radical (unpaired) electrons. The maximum Gasteiger partial charge on any atom is 0.245 e. The Labute approximate surface area is 97.9 Å². The first kappa shape index (κ1) is 10.7. The molecule has 2 aromatic heterocycles. The molecule has 0 spiro atoms. The van der Waals surface area contributed by atoms with Gasteiger partial charge in [0.25, 0.3) is 0 Å². The Morgan fingerprint density at radius 1 is 1.47 bits per heavy atom. The lowest BCUT2D eigenvalue weighted by molar-refractivity contribution is 0.0548. The van der Waals surface area contributed by atoms with E-state index in [0.29, 0.717) is 11.0 Å². The summed E-state index contributed by atoms with van der Waals surface area (Å²) >= 11 is 0. The average Bonchev–Trinajstić information content (AvgIpc) is 2.69. The van der Waals surface area contributed by atoms with Crippen molar-refractivity contribution in [2.24, 2.45) is 0 Å². The third-order valence-electron chi connectivity index (χ3n) is 2.86. The first-order chi connectivity index (χ1) is 8.09. The maximum absolute atomic E-state index is 12.2. The van der Waals surface area contributed by atoms with Gasteiger partial charge in [0, 0.05) is 30.9 Å². The fourth-order valence-corrected chi connectivity index (χ4v) is 3.56. The van der Waals surface area contributed by atoms with Gasteiger partial charge in [-0.2, -0.15) is 4.31 Å². The summed E-state index contributed by atoms with van der Waals surface area (Å²) in [5.41, 5.74) is 0.548. The second-order valence-corrected chi connectivity index (χ2v) is 5.93. The van der Waals surface area contributed by atoms with Crippen LogP contribution in [-0.4, -0.2) is 47.0 Å². The Kier molecular flexibility index (Phi) is 2.22. The van der Waals surface area contributed by atoms with Crippen LogP contribution in [0.4, 0.5) is 0 Å². The van der Waals surface area contributed by atoms with Gasteiger partial charge in [0.2, 0.25) is 10.0 Å². The van der Waals surface area contributed by atoms with E-state index in [0.717, 1.165) is 0 Å². The first-order valence-electron chi connectivity index (χ1n) is 5.19. The van der Waals surface area contributed by atoms with Gasteiger partial charge in [-0.15, -0.1) is 0 Å². The molecule has 6 nitrogen and oxygen atoms in total. The van der Waals surface area contributed by atoms with E-state index in [1.807, 2.05) is 0 Å². The normalized spacial score (nSPS) is 18.4. The minimum atomic E-state index is -3.52. The Balaban J connectivity index is 2.09. The number of hydrogen-bond donors (Lipinski definition) is 2. The van der Waals surface area contributed by atoms with Crippen molar-refractivity contribution in [1.82, 2.24) is 14.3 Å². The number of aromatic amines is 1. The SMILES string of the molecule is O=S(=O)(c1c[nH]c2ncccc12)N1CC(O)C1. The van der Waals surface area contributed by atoms with Gasteiger partial charge < -0.3 is 10.1 Å². The minimum absolute atomic E-state index is 0.162. The molecule has 0 unspecified atom stereocenters. The number of hydrogen-bond acceptors (Lipinski definition) is 4. The molecule has 2 aromatic rings. The quantitative estimate of drug-likeness (QED) is 0.784. The van der Waals surface area contributed by atoms with Gasteiger partial charge >= 0.3 is 0 Å². The molecule has 1 fully saturated rings. The lowest BCUT2D eigenvalue weighted by Crippen LogP contribution is -2.53. The van der Waals surface area contributed by atoms with Crippen LogP contribution in [0.15, 0.2) is 29.4 Å². The second kappa shape index (κ2) is 3.52. The molecule has 1 saturated heterocycles. The number of pyridine rings is 1. The number of nitrogens with one attached hydrogen (secondary N) is 1. The Bertz CT molecular complexity index is 658. The third-order valence-corrected chi connectivity index (χ3v) is 4.73. The highest BCUT2D eigenvalue weighted by molar-refractivity contribution is 7.89. The molecule has 1 aliphatic rings. The number of β-amino-alcohol motifs (C(OH)–C–C–N with tert-alkyl or cyclic N) is 1. The number of aliphatic hydroxyl groups excluding tert-OH is 1. The molecular weight excluding hydrogens is 242 g/mol. The second-order valence-electron chi connectivity index (χ2n) is 4.03. The van der Waals surface area contributed by atoms with Crippen LogP contribution in [0.2, 0.25) is 0 Å². The first-order valence-corrected chi connectivity index (χ1v) is 6.63. The number of rotatable bonds is 2. The molecule has 3 rings (SSSR count). The van der Waals surface area contributed by atoms with E-state index in [9.17, 15) is 8.42 Å². The topological polar surface area (TPSA) is 86.3 Å². The molecule has 3 heterocycles. The molecule has 0 atom stereocenters. The lowest BCUT2D eigenvalue weighted by Gasteiger charge is -2.34. The van der Waals surface area contributed by atoms with E-state index in [-0.39, 0.29) is 18.0 Å². The van der Waals surface area contributed by atoms with Gasteiger partial charge in [0.15, 0.2) is 0 Å². The van der Waals surface area contributed by atoms with Gasteiger partial charge in [-0.25, -0.2) is 13.4 Å². The number of H-pyrrole nitrogens is 1. The van der Waals surface area contributed by atoms with Crippen molar-refractivity contribution in [2.75, 3.05) is 13.1 Å². The molecule has 17 heavy (non-hydrogen) atoms. The molecular formula is C10H11N3O3S. The van der Waals surface area contributed by atoms with Gasteiger partial charge in [0.1, 0.15) is 10.5 Å². The summed E-state index contributed by atoms with van der Waals surface area (Å²) in [4.78, 5) is 7.09. The van der Waals surface area contributed by atoms with Crippen molar-refractivity contribution in [3.8, 4) is 0 Å². The summed E-state index contributed by atoms with van der Waals surface area (Å²) in [6, 6.07) is 3.40. The predicted octanol–water partition coefficient (Wildman–Crippen LogP) is -0.0719. The Morgan fingerprint density at radius 2 is 2.24 bits per heavy atom. The number of nitrogens with zero attached hydrogens (tertiary/aromatic N) is 2. The highest BCUT2D eigenvalue weighted by Crippen LogP contribution is 2.27. The van der Waals surface area contributed by atoms with Gasteiger partial charge in [-0.3, -0.25) is 0 Å². The monoisotopic (exact) mass is 253 g/mol. The molecule has 0 aromatic carbocycles. The van der Waals surface area contributed by atoms with Gasteiger partial charge in [0.05, 0.1) is 6.10 Å². The minimum Gasteiger partial charge on any atom is -0.390 e. The van der Waals surface area contributed by atoms with E-state index in [1.165, 1.54) is 10.5 Å². The van der Waals surface area contributed by atoms with Crippen LogP contribution in [-0.2, 0) is 10.0 Å². The van der Waals surface area contributed by atoms with Crippen molar-refractivity contribution in [2.45, 2.75) is 11.0 Å². The van der Waals surface area contributed by atoms with Gasteiger partial charge in [-0.05, 0) is 12.1 Å². The van der Waals surface area contributed by atoms with Crippen LogP contribution in [0, 0.1) is 0 Å². The van der Waals surface area contributed by atoms with E-state index in [4.69, 9.17) is 5.11 Å². The van der Waals surface area contributed by atoms with Gasteiger partial charge in [-0.1, -0.05) is 0 Å². The molecule has 90 valence electrons. The highest BCUT2D eigenvalue weighted by atomic mass is 32.2. The van der Waals surface area contributed by atoms with Crippen LogP contribution >= 0.6 is 0 Å². The molecule has 2 N–H and O–H groups in total. The zero-order valence-corrected chi connectivity index (χ0v) is 9.68. The lowest BCUT2D eigenvalue weighted by atomic mass is 10.2. The zero-order chi connectivity index (χ0) is 12.0. The van der Waals surface area contributed by atoms with E-state index < -0.39 is 16.1 Å². The fourth-order valence-electron chi connectivity index (χ4n) is 1.90. The third kappa shape index (κ3) is 1.54. The van der Waals surface area contributed by atoms with Crippen LogP contribution < -0.4 is 0 Å².